The van der Waals surface area contributed by atoms with Crippen LogP contribution in [0.4, 0.5) is 10.1 Å². The van der Waals surface area contributed by atoms with Crippen molar-refractivity contribution in [3.63, 3.8) is 0 Å². The number of H-pyrrole nitrogens is 1. The molecule has 0 saturated carbocycles. The molecule has 0 bridgehead atoms. The van der Waals surface area contributed by atoms with E-state index in [1.54, 1.807) is 6.92 Å². The van der Waals surface area contributed by atoms with Crippen LogP contribution in [0.5, 0.6) is 0 Å². The van der Waals surface area contributed by atoms with Gasteiger partial charge in [-0.2, -0.15) is 0 Å². The van der Waals surface area contributed by atoms with Gasteiger partial charge in [0.25, 0.3) is 0 Å². The zero-order valence-electron chi connectivity index (χ0n) is 14.8. The Kier molecular flexibility index (Phi) is 6.52. The van der Waals surface area contributed by atoms with Gasteiger partial charge in [0.05, 0.1) is 12.3 Å². The summed E-state index contributed by atoms with van der Waals surface area (Å²) in [5.74, 6) is -1.26. The molecule has 1 aromatic heterocycles. The summed E-state index contributed by atoms with van der Waals surface area (Å²) in [6.07, 6.45) is 0.284. The monoisotopic (exact) mass is 349 g/mol. The van der Waals surface area contributed by atoms with Gasteiger partial charge in [0, 0.05) is 23.9 Å². The number of benzene rings is 1. The number of nitrogens with zero attached hydrogens (tertiary/aromatic N) is 1. The largest absolute Gasteiger partial charge is 0.461 e. The van der Waals surface area contributed by atoms with Crippen LogP contribution in [0.15, 0.2) is 18.2 Å². The van der Waals surface area contributed by atoms with Gasteiger partial charge in [0.15, 0.2) is 0 Å². The molecular weight excluding hydrogens is 325 g/mol. The number of carbonyl (C=O) groups excluding carboxylic acids is 2. The van der Waals surface area contributed by atoms with E-state index in [9.17, 15) is 14.0 Å². The van der Waals surface area contributed by atoms with Crippen molar-refractivity contribution < 1.29 is 18.7 Å². The summed E-state index contributed by atoms with van der Waals surface area (Å²) in [5, 5.41) is 3.18. The van der Waals surface area contributed by atoms with E-state index in [1.807, 2.05) is 13.8 Å². The number of hydrogen-bond acceptors (Lipinski definition) is 4. The van der Waals surface area contributed by atoms with Gasteiger partial charge in [0.1, 0.15) is 11.5 Å². The number of anilines is 1. The SMILES string of the molecule is CCOC(=O)c1[nH]c2ccc(F)cc2c1NC(=O)CCN(CC)CC. The minimum Gasteiger partial charge on any atom is -0.461 e. The van der Waals surface area contributed by atoms with Gasteiger partial charge in [-0.15, -0.1) is 0 Å². The number of rotatable bonds is 8. The van der Waals surface area contributed by atoms with Crippen LogP contribution >= 0.6 is 0 Å². The maximum atomic E-state index is 13.6. The summed E-state index contributed by atoms with van der Waals surface area (Å²) in [7, 11) is 0. The predicted octanol–water partition coefficient (Wildman–Crippen LogP) is 3.15. The van der Waals surface area contributed by atoms with Crippen molar-refractivity contribution in [2.24, 2.45) is 0 Å². The highest BCUT2D eigenvalue weighted by Gasteiger charge is 2.21. The van der Waals surface area contributed by atoms with E-state index >= 15 is 0 Å². The zero-order valence-corrected chi connectivity index (χ0v) is 14.8. The Bertz CT molecular complexity index is 753. The lowest BCUT2D eigenvalue weighted by atomic mass is 10.2. The van der Waals surface area contributed by atoms with E-state index in [0.717, 1.165) is 13.1 Å². The molecule has 136 valence electrons. The third-order valence-corrected chi connectivity index (χ3v) is 4.05. The molecule has 0 aliphatic rings. The average Bonchev–Trinajstić information content (AvgIpc) is 2.94. The first-order chi connectivity index (χ1) is 12.0. The van der Waals surface area contributed by atoms with E-state index in [-0.39, 0.29) is 30.3 Å². The molecule has 25 heavy (non-hydrogen) atoms. The summed E-state index contributed by atoms with van der Waals surface area (Å²) < 4.78 is 18.6. The molecule has 2 rings (SSSR count). The van der Waals surface area contributed by atoms with Gasteiger partial charge in [-0.1, -0.05) is 13.8 Å². The molecule has 1 heterocycles. The predicted molar refractivity (Wildman–Crippen MR) is 95.2 cm³/mol. The number of amides is 1. The van der Waals surface area contributed by atoms with E-state index < -0.39 is 11.8 Å². The Morgan fingerprint density at radius 3 is 2.60 bits per heavy atom. The number of carbonyl (C=O) groups is 2. The number of fused-ring (bicyclic) bond motifs is 1. The molecule has 0 atom stereocenters. The molecule has 1 aromatic carbocycles. The fraction of sp³-hybridized carbons (Fsp3) is 0.444. The minimum absolute atomic E-state index is 0.124. The van der Waals surface area contributed by atoms with Crippen LogP contribution in [0.25, 0.3) is 10.9 Å². The van der Waals surface area contributed by atoms with Crippen LogP contribution < -0.4 is 5.32 Å². The van der Waals surface area contributed by atoms with Gasteiger partial charge in [-0.05, 0) is 38.2 Å². The van der Waals surface area contributed by atoms with E-state index in [1.165, 1.54) is 18.2 Å². The van der Waals surface area contributed by atoms with Crippen LogP contribution in [0, 0.1) is 5.82 Å². The lowest BCUT2D eigenvalue weighted by Crippen LogP contribution is -2.27. The molecule has 2 N–H and O–H groups in total. The molecule has 1 amide bonds. The van der Waals surface area contributed by atoms with E-state index in [0.29, 0.717) is 17.4 Å². The topological polar surface area (TPSA) is 74.4 Å². The second kappa shape index (κ2) is 8.62. The third kappa shape index (κ3) is 4.57. The van der Waals surface area contributed by atoms with Gasteiger partial charge in [-0.25, -0.2) is 9.18 Å². The van der Waals surface area contributed by atoms with Crippen LogP contribution in [-0.2, 0) is 9.53 Å². The van der Waals surface area contributed by atoms with Crippen molar-refractivity contribution >= 4 is 28.5 Å². The van der Waals surface area contributed by atoms with Crippen LogP contribution in [0.1, 0.15) is 37.7 Å². The summed E-state index contributed by atoms with van der Waals surface area (Å²) >= 11 is 0. The first-order valence-corrected chi connectivity index (χ1v) is 8.50. The first-order valence-electron chi connectivity index (χ1n) is 8.50. The molecule has 2 aromatic rings. The van der Waals surface area contributed by atoms with Crippen LogP contribution in [-0.4, -0.2) is 48.0 Å². The minimum atomic E-state index is -0.585. The summed E-state index contributed by atoms with van der Waals surface area (Å²) in [5.41, 5.74) is 0.944. The summed E-state index contributed by atoms with van der Waals surface area (Å²) in [6.45, 7) is 8.29. The molecule has 6 nitrogen and oxygen atoms in total. The Balaban J connectivity index is 2.27. The highest BCUT2D eigenvalue weighted by atomic mass is 19.1. The second-order valence-corrected chi connectivity index (χ2v) is 5.61. The van der Waals surface area contributed by atoms with Gasteiger partial charge < -0.3 is 19.9 Å². The van der Waals surface area contributed by atoms with Crippen molar-refractivity contribution in [1.82, 2.24) is 9.88 Å². The fourth-order valence-corrected chi connectivity index (χ4v) is 2.65. The Morgan fingerprint density at radius 1 is 1.24 bits per heavy atom. The highest BCUT2D eigenvalue weighted by molar-refractivity contribution is 6.11. The van der Waals surface area contributed by atoms with Crippen molar-refractivity contribution in [3.8, 4) is 0 Å². The maximum absolute atomic E-state index is 13.6. The second-order valence-electron chi connectivity index (χ2n) is 5.61. The molecule has 0 saturated heterocycles. The number of ether oxygens (including phenoxy) is 1. The molecule has 0 unspecified atom stereocenters. The first kappa shape index (κ1) is 18.9. The zero-order chi connectivity index (χ0) is 18.4. The molecule has 0 fully saturated rings. The Hall–Kier alpha value is -2.41. The fourth-order valence-electron chi connectivity index (χ4n) is 2.65. The van der Waals surface area contributed by atoms with E-state index in [4.69, 9.17) is 4.74 Å². The molecule has 0 aliphatic heterocycles. The standard InChI is InChI=1S/C18H24FN3O3/c1-4-22(5-2)10-9-15(23)21-16-13-11-12(19)7-8-14(13)20-17(16)18(24)25-6-3/h7-8,11,20H,4-6,9-10H2,1-3H3,(H,21,23). The Morgan fingerprint density at radius 2 is 1.96 bits per heavy atom. The lowest BCUT2D eigenvalue weighted by molar-refractivity contribution is -0.116. The smallest absolute Gasteiger partial charge is 0.356 e. The average molecular weight is 349 g/mol. The molecular formula is C18H24FN3O3. The summed E-state index contributed by atoms with van der Waals surface area (Å²) in [4.78, 5) is 29.5. The molecule has 7 heteroatoms. The van der Waals surface area contributed by atoms with Crippen LogP contribution in [0.3, 0.4) is 0 Å². The number of esters is 1. The number of aromatic amines is 1. The van der Waals surface area contributed by atoms with Gasteiger partial charge in [-0.3, -0.25) is 4.79 Å². The van der Waals surface area contributed by atoms with E-state index in [2.05, 4.69) is 15.2 Å². The van der Waals surface area contributed by atoms with Gasteiger partial charge in [0.2, 0.25) is 5.91 Å². The van der Waals surface area contributed by atoms with Crippen molar-refractivity contribution in [2.45, 2.75) is 27.2 Å². The van der Waals surface area contributed by atoms with Crippen molar-refractivity contribution in [3.05, 3.63) is 29.7 Å². The molecule has 0 aliphatic carbocycles. The highest BCUT2D eigenvalue weighted by Crippen LogP contribution is 2.29. The quantitative estimate of drug-likeness (QED) is 0.718. The van der Waals surface area contributed by atoms with Crippen molar-refractivity contribution in [1.29, 1.82) is 0 Å². The maximum Gasteiger partial charge on any atom is 0.356 e. The third-order valence-electron chi connectivity index (χ3n) is 4.05. The number of aromatic nitrogens is 1. The Labute approximate surface area is 146 Å². The normalized spacial score (nSPS) is 11.1. The molecule has 0 radical (unpaired) electrons. The molecule has 0 spiro atoms. The van der Waals surface area contributed by atoms with Gasteiger partial charge >= 0.3 is 5.97 Å². The number of hydrogen-bond donors (Lipinski definition) is 2. The lowest BCUT2D eigenvalue weighted by Gasteiger charge is -2.17. The summed E-state index contributed by atoms with van der Waals surface area (Å²) in [6, 6.07) is 4.10. The number of nitrogens with one attached hydrogen (secondary N) is 2. The van der Waals surface area contributed by atoms with Crippen LogP contribution in [0.2, 0.25) is 0 Å². The number of halogens is 1. The van der Waals surface area contributed by atoms with Crippen molar-refractivity contribution in [2.75, 3.05) is 31.6 Å².